The summed E-state index contributed by atoms with van der Waals surface area (Å²) in [5.41, 5.74) is 1.74. The molecule has 2 nitrogen and oxygen atoms in total. The lowest BCUT2D eigenvalue weighted by molar-refractivity contribution is -0.0787. The Morgan fingerprint density at radius 2 is 1.94 bits per heavy atom. The minimum absolute atomic E-state index is 0.471. The van der Waals surface area contributed by atoms with Gasteiger partial charge in [0.15, 0.2) is 6.86 Å². The smallest absolute Gasteiger partial charge is 0.188 e. The molecule has 0 N–H and O–H groups in total. The quantitative estimate of drug-likeness (QED) is 0.652. The molecule has 0 aliphatic carbocycles. The van der Waals surface area contributed by atoms with Crippen LogP contribution in [-0.4, -0.2) is 19.1 Å². The van der Waals surface area contributed by atoms with E-state index in [9.17, 15) is 4.39 Å². The fraction of sp³-hybridized carbons (Fsp3) is 0.467. The van der Waals surface area contributed by atoms with Crippen LogP contribution in [0.1, 0.15) is 31.4 Å². The molecule has 100 valence electrons. The van der Waals surface area contributed by atoms with Gasteiger partial charge in [0, 0.05) is 6.61 Å². The molecule has 1 rings (SSSR count). The van der Waals surface area contributed by atoms with Crippen LogP contribution < -0.4 is 0 Å². The van der Waals surface area contributed by atoms with Crippen LogP contribution in [-0.2, 0) is 16.1 Å². The van der Waals surface area contributed by atoms with Crippen molar-refractivity contribution in [2.75, 3.05) is 13.5 Å². The van der Waals surface area contributed by atoms with Gasteiger partial charge in [-0.05, 0) is 31.4 Å². The highest BCUT2D eigenvalue weighted by atomic mass is 19.1. The third-order valence-electron chi connectivity index (χ3n) is 2.78. The molecule has 0 bridgehead atoms. The van der Waals surface area contributed by atoms with E-state index in [1.54, 1.807) is 0 Å². The molecule has 0 atom stereocenters. The van der Waals surface area contributed by atoms with Crippen LogP contribution in [0.4, 0.5) is 4.39 Å². The fourth-order valence-electron chi connectivity index (χ4n) is 1.48. The Morgan fingerprint density at radius 1 is 1.28 bits per heavy atom. The van der Waals surface area contributed by atoms with Gasteiger partial charge in [-0.2, -0.15) is 0 Å². The molecular weight excluding hydrogens is 231 g/mol. The maximum atomic E-state index is 12.1. The Kier molecular flexibility index (Phi) is 6.02. The molecule has 1 aromatic rings. The van der Waals surface area contributed by atoms with Crippen molar-refractivity contribution in [1.29, 1.82) is 0 Å². The molecule has 0 saturated carbocycles. The summed E-state index contributed by atoms with van der Waals surface area (Å²) in [4.78, 5) is 0. The van der Waals surface area contributed by atoms with E-state index in [1.807, 2.05) is 44.2 Å². The third-order valence-corrected chi connectivity index (χ3v) is 2.78. The van der Waals surface area contributed by atoms with E-state index >= 15 is 0 Å². The molecule has 0 radical (unpaired) electrons. The van der Waals surface area contributed by atoms with Crippen LogP contribution in [0.15, 0.2) is 30.8 Å². The zero-order chi connectivity index (χ0) is 13.4. The van der Waals surface area contributed by atoms with Crippen molar-refractivity contribution in [2.24, 2.45) is 0 Å². The molecular formula is C15H21FO2. The lowest BCUT2D eigenvalue weighted by Crippen LogP contribution is -2.26. The monoisotopic (exact) mass is 252 g/mol. The maximum Gasteiger partial charge on any atom is 0.188 e. The van der Waals surface area contributed by atoms with Crippen LogP contribution in [0.3, 0.4) is 0 Å². The summed E-state index contributed by atoms with van der Waals surface area (Å²) in [5, 5.41) is 0. The number of rotatable bonds is 8. The van der Waals surface area contributed by atoms with Crippen molar-refractivity contribution in [1.82, 2.24) is 0 Å². The van der Waals surface area contributed by atoms with Crippen LogP contribution in [0.5, 0.6) is 0 Å². The summed E-state index contributed by atoms with van der Waals surface area (Å²) < 4.78 is 22.6. The normalized spacial score (nSPS) is 11.5. The minimum atomic E-state index is -0.754. The van der Waals surface area contributed by atoms with E-state index in [0.29, 0.717) is 19.6 Å². The Morgan fingerprint density at radius 3 is 2.50 bits per heavy atom. The molecule has 0 spiro atoms. The Bertz CT molecular complexity index is 357. The number of hydrogen-bond acceptors (Lipinski definition) is 2. The predicted molar refractivity (Wildman–Crippen MR) is 71.9 cm³/mol. The summed E-state index contributed by atoms with van der Waals surface area (Å²) in [6, 6.07) is 8.03. The molecule has 3 heteroatoms. The predicted octanol–water partition coefficient (Wildman–Crippen LogP) is 3.96. The van der Waals surface area contributed by atoms with Crippen molar-refractivity contribution in [3.8, 4) is 0 Å². The standard InChI is InChI=1S/C15H21FO2/c1-4-13-5-7-14(8-6-13)11-17-10-9-15(2,3)18-12-16/h4-8H,1,9-12H2,2-3H3. The van der Waals surface area contributed by atoms with E-state index in [2.05, 4.69) is 6.58 Å². The summed E-state index contributed by atoms with van der Waals surface area (Å²) >= 11 is 0. The van der Waals surface area contributed by atoms with Crippen molar-refractivity contribution in [3.63, 3.8) is 0 Å². The maximum absolute atomic E-state index is 12.1. The van der Waals surface area contributed by atoms with Gasteiger partial charge in [-0.15, -0.1) is 0 Å². The molecule has 0 aliphatic rings. The van der Waals surface area contributed by atoms with E-state index in [0.717, 1.165) is 11.1 Å². The largest absolute Gasteiger partial charge is 0.377 e. The molecule has 18 heavy (non-hydrogen) atoms. The Labute approximate surface area is 108 Å². The van der Waals surface area contributed by atoms with Crippen molar-refractivity contribution >= 4 is 6.08 Å². The molecule has 0 aromatic heterocycles. The number of hydrogen-bond donors (Lipinski definition) is 0. The topological polar surface area (TPSA) is 18.5 Å². The lowest BCUT2D eigenvalue weighted by atomic mass is 10.1. The summed E-state index contributed by atoms with van der Waals surface area (Å²) in [6.07, 6.45) is 2.48. The molecule has 0 amide bonds. The first-order valence-corrected chi connectivity index (χ1v) is 6.06. The van der Waals surface area contributed by atoms with E-state index in [-0.39, 0.29) is 0 Å². The van der Waals surface area contributed by atoms with Gasteiger partial charge in [0.1, 0.15) is 0 Å². The fourth-order valence-corrected chi connectivity index (χ4v) is 1.48. The first-order valence-electron chi connectivity index (χ1n) is 6.06. The second kappa shape index (κ2) is 7.29. The van der Waals surface area contributed by atoms with E-state index < -0.39 is 12.5 Å². The molecule has 0 heterocycles. The molecule has 0 unspecified atom stereocenters. The van der Waals surface area contributed by atoms with Crippen molar-refractivity contribution < 1.29 is 13.9 Å². The van der Waals surface area contributed by atoms with Gasteiger partial charge in [-0.25, -0.2) is 4.39 Å². The number of ether oxygens (including phenoxy) is 2. The molecule has 0 saturated heterocycles. The summed E-state index contributed by atoms with van der Waals surface area (Å²) in [5.74, 6) is 0. The first-order chi connectivity index (χ1) is 8.57. The zero-order valence-electron chi connectivity index (χ0n) is 11.1. The molecule has 1 aromatic carbocycles. The van der Waals surface area contributed by atoms with Crippen LogP contribution in [0.25, 0.3) is 6.08 Å². The van der Waals surface area contributed by atoms with Gasteiger partial charge in [0.25, 0.3) is 0 Å². The highest BCUT2D eigenvalue weighted by Crippen LogP contribution is 2.15. The van der Waals surface area contributed by atoms with E-state index in [4.69, 9.17) is 9.47 Å². The lowest BCUT2D eigenvalue weighted by Gasteiger charge is -2.23. The highest BCUT2D eigenvalue weighted by molar-refractivity contribution is 5.47. The minimum Gasteiger partial charge on any atom is -0.377 e. The average molecular weight is 252 g/mol. The number of alkyl halides is 1. The van der Waals surface area contributed by atoms with Gasteiger partial charge in [-0.1, -0.05) is 36.9 Å². The van der Waals surface area contributed by atoms with Crippen LogP contribution in [0.2, 0.25) is 0 Å². The molecule has 0 aliphatic heterocycles. The SMILES string of the molecule is C=Cc1ccc(COCCC(C)(C)OCF)cc1. The highest BCUT2D eigenvalue weighted by Gasteiger charge is 2.17. The Balaban J connectivity index is 2.27. The van der Waals surface area contributed by atoms with Gasteiger partial charge >= 0.3 is 0 Å². The van der Waals surface area contributed by atoms with E-state index in [1.165, 1.54) is 0 Å². The summed E-state index contributed by atoms with van der Waals surface area (Å²) in [7, 11) is 0. The molecule has 0 fully saturated rings. The second-order valence-electron chi connectivity index (χ2n) is 4.76. The van der Waals surface area contributed by atoms with Gasteiger partial charge in [0.2, 0.25) is 0 Å². The number of benzene rings is 1. The zero-order valence-corrected chi connectivity index (χ0v) is 11.1. The van der Waals surface area contributed by atoms with Crippen LogP contribution in [0, 0.1) is 0 Å². The van der Waals surface area contributed by atoms with Gasteiger partial charge < -0.3 is 9.47 Å². The third kappa shape index (κ3) is 5.43. The second-order valence-corrected chi connectivity index (χ2v) is 4.76. The summed E-state index contributed by atoms with van der Waals surface area (Å²) in [6.45, 7) is 7.77. The average Bonchev–Trinajstić information content (AvgIpc) is 2.35. The number of halogens is 1. The Hall–Kier alpha value is -1.19. The van der Waals surface area contributed by atoms with Gasteiger partial charge in [0.05, 0.1) is 12.2 Å². The van der Waals surface area contributed by atoms with Crippen molar-refractivity contribution in [2.45, 2.75) is 32.5 Å². The van der Waals surface area contributed by atoms with Gasteiger partial charge in [-0.3, -0.25) is 0 Å². The van der Waals surface area contributed by atoms with Crippen LogP contribution >= 0.6 is 0 Å². The van der Waals surface area contributed by atoms with Crippen molar-refractivity contribution in [3.05, 3.63) is 42.0 Å². The first kappa shape index (κ1) is 14.9.